The summed E-state index contributed by atoms with van der Waals surface area (Å²) in [6.45, 7) is 0.293. The summed E-state index contributed by atoms with van der Waals surface area (Å²) >= 11 is 0. The average molecular weight is 468 g/mol. The molecule has 0 aliphatic heterocycles. The van der Waals surface area contributed by atoms with Gasteiger partial charge in [-0.3, -0.25) is 9.59 Å². The molecule has 0 radical (unpaired) electrons. The van der Waals surface area contributed by atoms with Crippen LogP contribution in [0, 0.1) is 0 Å². The molecule has 1 aliphatic rings. The van der Waals surface area contributed by atoms with Gasteiger partial charge in [-0.2, -0.15) is 4.31 Å². The van der Waals surface area contributed by atoms with E-state index in [-0.39, 0.29) is 21.9 Å². The molecule has 1 saturated carbocycles. The van der Waals surface area contributed by atoms with Crippen molar-refractivity contribution in [2.24, 2.45) is 7.05 Å². The van der Waals surface area contributed by atoms with Crippen LogP contribution in [0.15, 0.2) is 64.4 Å². The Balaban J connectivity index is 1.67. The summed E-state index contributed by atoms with van der Waals surface area (Å²) in [5.74, 6) is -0.492. The van der Waals surface area contributed by atoms with Crippen molar-refractivity contribution in [3.05, 3.63) is 76.1 Å². The zero-order valence-corrected chi connectivity index (χ0v) is 19.8. The zero-order chi connectivity index (χ0) is 23.6. The van der Waals surface area contributed by atoms with Gasteiger partial charge in [-0.15, -0.1) is 0 Å². The largest absolute Gasteiger partial charge is 0.350 e. The predicted molar refractivity (Wildman–Crippen MR) is 129 cm³/mol. The molecule has 7 nitrogen and oxygen atoms in total. The van der Waals surface area contributed by atoms with Crippen molar-refractivity contribution in [3.8, 4) is 0 Å². The fourth-order valence-corrected chi connectivity index (χ4v) is 5.92. The molecule has 0 atom stereocenters. The molecule has 0 spiro atoms. The Morgan fingerprint density at radius 3 is 2.48 bits per heavy atom. The van der Waals surface area contributed by atoms with Crippen molar-refractivity contribution in [2.45, 2.75) is 49.6 Å². The van der Waals surface area contributed by atoms with Crippen LogP contribution in [0.2, 0.25) is 0 Å². The summed E-state index contributed by atoms with van der Waals surface area (Å²) in [6.07, 6.45) is 6.35. The fourth-order valence-electron chi connectivity index (χ4n) is 4.47. The summed E-state index contributed by atoms with van der Waals surface area (Å²) in [6, 6.07) is 14.0. The minimum Gasteiger partial charge on any atom is -0.350 e. The van der Waals surface area contributed by atoms with Crippen molar-refractivity contribution in [3.63, 3.8) is 0 Å². The molecule has 174 valence electrons. The van der Waals surface area contributed by atoms with Crippen molar-refractivity contribution in [2.75, 3.05) is 7.05 Å². The monoisotopic (exact) mass is 467 g/mol. The Hall–Kier alpha value is -2.97. The van der Waals surface area contributed by atoms with Crippen LogP contribution in [0.25, 0.3) is 10.9 Å². The molecule has 0 bridgehead atoms. The maximum absolute atomic E-state index is 13.3. The van der Waals surface area contributed by atoms with Gasteiger partial charge in [0.25, 0.3) is 5.91 Å². The second-order valence-corrected chi connectivity index (χ2v) is 10.6. The average Bonchev–Trinajstić information content (AvgIpc) is 2.85. The molecule has 1 amide bonds. The molecule has 33 heavy (non-hydrogen) atoms. The number of carbonyl (C=O) groups is 1. The molecule has 8 heteroatoms. The molecule has 1 heterocycles. The van der Waals surface area contributed by atoms with Crippen molar-refractivity contribution in [1.29, 1.82) is 0 Å². The van der Waals surface area contributed by atoms with Crippen LogP contribution in [0.3, 0.4) is 0 Å². The normalized spacial score (nSPS) is 15.1. The van der Waals surface area contributed by atoms with Crippen LogP contribution in [-0.4, -0.2) is 36.3 Å². The smallest absolute Gasteiger partial charge is 0.257 e. The minimum absolute atomic E-state index is 0.0175. The van der Waals surface area contributed by atoms with E-state index in [1.807, 2.05) is 30.3 Å². The van der Waals surface area contributed by atoms with Gasteiger partial charge >= 0.3 is 0 Å². The van der Waals surface area contributed by atoms with Gasteiger partial charge in [-0.05, 0) is 36.6 Å². The van der Waals surface area contributed by atoms with Gasteiger partial charge < -0.3 is 9.88 Å². The standard InChI is InChI=1S/C25H29N3O4S/c1-27-17-22(25(30)26-16-18-9-5-3-6-10-18)24(29)21-15-20(13-14-23(21)27)33(31,32)28(2)19-11-7-4-8-12-19/h3,5-6,9-10,13-15,17,19H,4,7-8,11-12,16H2,1-2H3,(H,26,30). The first-order chi connectivity index (χ1) is 15.8. The lowest BCUT2D eigenvalue weighted by molar-refractivity contribution is 0.0949. The van der Waals surface area contributed by atoms with Crippen LogP contribution in [0.4, 0.5) is 0 Å². The molecule has 3 aromatic rings. The van der Waals surface area contributed by atoms with E-state index in [0.717, 1.165) is 37.7 Å². The van der Waals surface area contributed by atoms with Gasteiger partial charge in [-0.1, -0.05) is 49.6 Å². The van der Waals surface area contributed by atoms with Crippen molar-refractivity contribution < 1.29 is 13.2 Å². The van der Waals surface area contributed by atoms with E-state index in [9.17, 15) is 18.0 Å². The third-order valence-electron chi connectivity index (χ3n) is 6.47. The third kappa shape index (κ3) is 4.72. The van der Waals surface area contributed by atoms with E-state index in [2.05, 4.69) is 5.32 Å². The van der Waals surface area contributed by atoms with E-state index >= 15 is 0 Å². The molecule has 1 N–H and O–H groups in total. The molecule has 1 aliphatic carbocycles. The lowest BCUT2D eigenvalue weighted by Crippen LogP contribution is -2.38. The molecule has 4 rings (SSSR count). The first-order valence-electron chi connectivity index (χ1n) is 11.2. The predicted octanol–water partition coefficient (Wildman–Crippen LogP) is 3.42. The highest BCUT2D eigenvalue weighted by atomic mass is 32.2. The summed E-state index contributed by atoms with van der Waals surface area (Å²) in [5.41, 5.74) is 0.989. The van der Waals surface area contributed by atoms with E-state index in [1.54, 1.807) is 24.7 Å². The highest BCUT2D eigenvalue weighted by Gasteiger charge is 2.29. The SMILES string of the molecule is CN(C1CCCCC1)S(=O)(=O)c1ccc2c(c1)c(=O)c(C(=O)NCc1ccccc1)cn2C. The Morgan fingerprint density at radius 2 is 1.79 bits per heavy atom. The van der Waals surface area contributed by atoms with Gasteiger partial charge in [0.2, 0.25) is 15.5 Å². The Kier molecular flexibility index (Phi) is 6.67. The second-order valence-electron chi connectivity index (χ2n) is 8.64. The van der Waals surface area contributed by atoms with E-state index < -0.39 is 21.4 Å². The Labute approximate surface area is 194 Å². The van der Waals surface area contributed by atoms with Crippen LogP contribution >= 0.6 is 0 Å². The lowest BCUT2D eigenvalue weighted by Gasteiger charge is -2.30. The molecular formula is C25H29N3O4S. The maximum Gasteiger partial charge on any atom is 0.257 e. The van der Waals surface area contributed by atoms with Gasteiger partial charge in [0.05, 0.1) is 10.4 Å². The number of nitrogens with one attached hydrogen (secondary N) is 1. The van der Waals surface area contributed by atoms with Gasteiger partial charge in [0.1, 0.15) is 5.56 Å². The maximum atomic E-state index is 13.3. The van der Waals surface area contributed by atoms with Gasteiger partial charge in [0.15, 0.2) is 0 Å². The zero-order valence-electron chi connectivity index (χ0n) is 19.0. The number of hydrogen-bond acceptors (Lipinski definition) is 4. The molecule has 0 unspecified atom stereocenters. The number of benzene rings is 2. The van der Waals surface area contributed by atoms with Crippen molar-refractivity contribution in [1.82, 2.24) is 14.2 Å². The molecule has 1 aromatic heterocycles. The Morgan fingerprint density at radius 1 is 1.09 bits per heavy atom. The summed E-state index contributed by atoms with van der Waals surface area (Å²) in [5, 5.41) is 2.99. The Bertz CT molecular complexity index is 1330. The van der Waals surface area contributed by atoms with Crippen LogP contribution in [0.1, 0.15) is 48.0 Å². The highest BCUT2D eigenvalue weighted by Crippen LogP contribution is 2.27. The van der Waals surface area contributed by atoms with E-state index in [0.29, 0.717) is 12.1 Å². The summed E-state index contributed by atoms with van der Waals surface area (Å²) in [7, 11) is -0.408. The molecule has 2 aromatic carbocycles. The van der Waals surface area contributed by atoms with Gasteiger partial charge in [0, 0.05) is 38.3 Å². The number of amides is 1. The van der Waals surface area contributed by atoms with E-state index in [4.69, 9.17) is 0 Å². The quantitative estimate of drug-likeness (QED) is 0.602. The minimum atomic E-state index is -3.75. The number of aromatic nitrogens is 1. The van der Waals surface area contributed by atoms with Crippen LogP contribution in [-0.2, 0) is 23.6 Å². The van der Waals surface area contributed by atoms with E-state index in [1.165, 1.54) is 22.6 Å². The number of rotatable bonds is 6. The highest BCUT2D eigenvalue weighted by molar-refractivity contribution is 7.89. The first kappa shape index (κ1) is 23.2. The molecule has 0 saturated heterocycles. The second kappa shape index (κ2) is 9.49. The number of sulfonamides is 1. The number of hydrogen-bond donors (Lipinski definition) is 1. The fraction of sp³-hybridized carbons (Fsp3) is 0.360. The first-order valence-corrected chi connectivity index (χ1v) is 12.7. The summed E-state index contributed by atoms with van der Waals surface area (Å²) < 4.78 is 29.7. The number of pyridine rings is 1. The van der Waals surface area contributed by atoms with Crippen LogP contribution < -0.4 is 10.7 Å². The number of fused-ring (bicyclic) bond motifs is 1. The van der Waals surface area contributed by atoms with Crippen molar-refractivity contribution >= 4 is 26.8 Å². The third-order valence-corrected chi connectivity index (χ3v) is 8.37. The number of aryl methyl sites for hydroxylation is 1. The number of carbonyl (C=O) groups excluding carboxylic acids is 1. The summed E-state index contributed by atoms with van der Waals surface area (Å²) in [4.78, 5) is 26.1. The van der Waals surface area contributed by atoms with Gasteiger partial charge in [-0.25, -0.2) is 8.42 Å². The lowest BCUT2D eigenvalue weighted by atomic mass is 9.96. The molecular weight excluding hydrogens is 438 g/mol. The number of nitrogens with zero attached hydrogens (tertiary/aromatic N) is 2. The molecule has 1 fully saturated rings. The van der Waals surface area contributed by atoms with Crippen LogP contribution in [0.5, 0.6) is 0 Å². The topological polar surface area (TPSA) is 88.5 Å².